The first kappa shape index (κ1) is 17.2. The molecule has 0 aliphatic carbocycles. The molecular formula is C19H17N3O4. The van der Waals surface area contributed by atoms with E-state index in [1.54, 1.807) is 18.2 Å². The molecule has 2 aromatic rings. The maximum absolute atomic E-state index is 12.1. The minimum Gasteiger partial charge on any atom is -0.506 e. The highest BCUT2D eigenvalue weighted by atomic mass is 16.6. The largest absolute Gasteiger partial charge is 0.506 e. The number of hydrogen-bond donors (Lipinski definition) is 3. The fraction of sp³-hybridized carbons (Fsp3) is 0.158. The van der Waals surface area contributed by atoms with Gasteiger partial charge in [-0.15, -0.1) is 0 Å². The monoisotopic (exact) mass is 351 g/mol. The lowest BCUT2D eigenvalue weighted by Gasteiger charge is -2.26. The van der Waals surface area contributed by atoms with Crippen LogP contribution in [-0.4, -0.2) is 30.3 Å². The first-order chi connectivity index (χ1) is 12.7. The van der Waals surface area contributed by atoms with Gasteiger partial charge in [0.15, 0.2) is 11.5 Å². The number of carbonyl (C=O) groups excluding carboxylic acids is 1. The molecule has 26 heavy (non-hydrogen) atoms. The van der Waals surface area contributed by atoms with Gasteiger partial charge in [0.1, 0.15) is 30.1 Å². The number of carbonyl (C=O) groups is 1. The minimum absolute atomic E-state index is 0.0717. The second kappa shape index (κ2) is 7.94. The van der Waals surface area contributed by atoms with E-state index < -0.39 is 5.91 Å². The maximum Gasteiger partial charge on any atom is 0.267 e. The molecule has 0 aromatic heterocycles. The zero-order valence-corrected chi connectivity index (χ0v) is 13.8. The molecule has 3 rings (SSSR count). The van der Waals surface area contributed by atoms with Crippen LogP contribution in [-0.2, 0) is 4.79 Å². The van der Waals surface area contributed by atoms with Crippen LogP contribution < -0.4 is 20.1 Å². The standard InChI is InChI=1S/C19H17N3O4/c20-9-13(19(24)22-15-5-1-2-6-16(15)23)10-21-11-14-12-25-17-7-3-4-8-18(17)26-14/h1-8,10,14,21,23H,11-12H2,(H,22,24)/b13-10-. The molecule has 1 aliphatic rings. The molecule has 3 N–H and O–H groups in total. The topological polar surface area (TPSA) is 104 Å². The summed E-state index contributed by atoms with van der Waals surface area (Å²) in [5.41, 5.74) is 0.115. The van der Waals surface area contributed by atoms with Crippen molar-refractivity contribution in [2.45, 2.75) is 6.10 Å². The van der Waals surface area contributed by atoms with Crippen LogP contribution in [0.1, 0.15) is 0 Å². The van der Waals surface area contributed by atoms with E-state index in [9.17, 15) is 15.2 Å². The Balaban J connectivity index is 1.56. The van der Waals surface area contributed by atoms with Gasteiger partial charge in [-0.3, -0.25) is 4.79 Å². The van der Waals surface area contributed by atoms with E-state index in [4.69, 9.17) is 9.47 Å². The molecule has 2 aromatic carbocycles. The summed E-state index contributed by atoms with van der Waals surface area (Å²) in [4.78, 5) is 12.1. The Morgan fingerprint density at radius 2 is 1.96 bits per heavy atom. The van der Waals surface area contributed by atoms with Gasteiger partial charge >= 0.3 is 0 Å². The Labute approximate surface area is 150 Å². The predicted molar refractivity (Wildman–Crippen MR) is 94.8 cm³/mol. The number of nitrogens with one attached hydrogen (secondary N) is 2. The second-order valence-electron chi connectivity index (χ2n) is 5.55. The van der Waals surface area contributed by atoms with Crippen molar-refractivity contribution >= 4 is 11.6 Å². The number of phenols is 1. The number of aromatic hydroxyl groups is 1. The highest BCUT2D eigenvalue weighted by Gasteiger charge is 2.20. The van der Waals surface area contributed by atoms with Crippen molar-refractivity contribution in [3.63, 3.8) is 0 Å². The van der Waals surface area contributed by atoms with Gasteiger partial charge in [-0.25, -0.2) is 0 Å². The minimum atomic E-state index is -0.618. The number of fused-ring (bicyclic) bond motifs is 1. The molecule has 0 radical (unpaired) electrons. The van der Waals surface area contributed by atoms with Crippen LogP contribution in [0.4, 0.5) is 5.69 Å². The third kappa shape index (κ3) is 4.05. The lowest BCUT2D eigenvalue weighted by molar-refractivity contribution is -0.112. The Hall–Kier alpha value is -3.66. The number of anilines is 1. The highest BCUT2D eigenvalue weighted by molar-refractivity contribution is 6.07. The van der Waals surface area contributed by atoms with E-state index in [0.717, 1.165) is 0 Å². The van der Waals surface area contributed by atoms with E-state index in [0.29, 0.717) is 24.7 Å². The molecule has 132 valence electrons. The van der Waals surface area contributed by atoms with Gasteiger partial charge in [-0.2, -0.15) is 5.26 Å². The van der Waals surface area contributed by atoms with Crippen molar-refractivity contribution in [2.24, 2.45) is 0 Å². The normalized spacial score (nSPS) is 15.7. The summed E-state index contributed by atoms with van der Waals surface area (Å²) in [6, 6.07) is 15.5. The average molecular weight is 351 g/mol. The van der Waals surface area contributed by atoms with Crippen LogP contribution in [0.15, 0.2) is 60.3 Å². The smallest absolute Gasteiger partial charge is 0.267 e. The fourth-order valence-corrected chi connectivity index (χ4v) is 2.37. The first-order valence-corrected chi connectivity index (χ1v) is 7.99. The SMILES string of the molecule is N#C/C(=C/NCC1COc2ccccc2O1)C(=O)Nc1ccccc1O. The molecule has 1 heterocycles. The average Bonchev–Trinajstić information content (AvgIpc) is 2.67. The highest BCUT2D eigenvalue weighted by Crippen LogP contribution is 2.30. The molecular weight excluding hydrogens is 334 g/mol. The molecule has 0 fully saturated rings. The number of benzene rings is 2. The zero-order chi connectivity index (χ0) is 18.4. The third-order valence-electron chi connectivity index (χ3n) is 3.68. The van der Waals surface area contributed by atoms with E-state index in [1.807, 2.05) is 30.3 Å². The van der Waals surface area contributed by atoms with Gasteiger partial charge in [-0.1, -0.05) is 24.3 Å². The number of amides is 1. The van der Waals surface area contributed by atoms with Crippen LogP contribution in [0.5, 0.6) is 17.2 Å². The van der Waals surface area contributed by atoms with E-state index in [2.05, 4.69) is 10.6 Å². The maximum atomic E-state index is 12.1. The third-order valence-corrected chi connectivity index (χ3v) is 3.68. The first-order valence-electron chi connectivity index (χ1n) is 7.99. The van der Waals surface area contributed by atoms with Gasteiger partial charge in [-0.05, 0) is 24.3 Å². The number of nitrogens with zero attached hydrogens (tertiary/aromatic N) is 1. The molecule has 1 amide bonds. The van der Waals surface area contributed by atoms with E-state index in [-0.39, 0.29) is 23.1 Å². The Morgan fingerprint density at radius 3 is 2.73 bits per heavy atom. The number of rotatable bonds is 5. The van der Waals surface area contributed by atoms with Crippen LogP contribution in [0.25, 0.3) is 0 Å². The number of ether oxygens (including phenoxy) is 2. The summed E-state index contributed by atoms with van der Waals surface area (Å²) < 4.78 is 11.4. The molecule has 0 spiro atoms. The van der Waals surface area contributed by atoms with Crippen LogP contribution >= 0.6 is 0 Å². The molecule has 1 atom stereocenters. The molecule has 1 aliphatic heterocycles. The second-order valence-corrected chi connectivity index (χ2v) is 5.55. The van der Waals surface area contributed by atoms with Gasteiger partial charge in [0.25, 0.3) is 5.91 Å². The summed E-state index contributed by atoms with van der Waals surface area (Å²) in [5.74, 6) is 0.663. The van der Waals surface area contributed by atoms with Crippen LogP contribution in [0, 0.1) is 11.3 Å². The van der Waals surface area contributed by atoms with Gasteiger partial charge in [0.2, 0.25) is 0 Å². The lowest BCUT2D eigenvalue weighted by atomic mass is 10.2. The fourth-order valence-electron chi connectivity index (χ4n) is 2.37. The number of nitriles is 1. The molecule has 0 saturated carbocycles. The lowest BCUT2D eigenvalue weighted by Crippen LogP contribution is -2.37. The van der Waals surface area contributed by atoms with E-state index in [1.165, 1.54) is 12.3 Å². The van der Waals surface area contributed by atoms with Crippen LogP contribution in [0.3, 0.4) is 0 Å². The summed E-state index contributed by atoms with van der Waals surface area (Å²) in [6.07, 6.45) is 1.07. The number of phenolic OH excluding ortho intramolecular Hbond substituents is 1. The summed E-state index contributed by atoms with van der Waals surface area (Å²) >= 11 is 0. The van der Waals surface area contributed by atoms with Gasteiger partial charge in [0.05, 0.1) is 12.2 Å². The molecule has 7 nitrogen and oxygen atoms in total. The van der Waals surface area contributed by atoms with Gasteiger partial charge in [0, 0.05) is 6.20 Å². The van der Waals surface area contributed by atoms with Gasteiger partial charge < -0.3 is 25.2 Å². The molecule has 7 heteroatoms. The van der Waals surface area contributed by atoms with E-state index >= 15 is 0 Å². The Kier molecular flexibility index (Phi) is 5.25. The van der Waals surface area contributed by atoms with Crippen LogP contribution in [0.2, 0.25) is 0 Å². The Morgan fingerprint density at radius 1 is 1.23 bits per heavy atom. The Bertz CT molecular complexity index is 873. The van der Waals surface area contributed by atoms with Crippen molar-refractivity contribution in [3.8, 4) is 23.3 Å². The van der Waals surface area contributed by atoms with Crippen molar-refractivity contribution in [1.82, 2.24) is 5.32 Å². The van der Waals surface area contributed by atoms with Crippen molar-refractivity contribution in [3.05, 3.63) is 60.3 Å². The quantitative estimate of drug-likeness (QED) is 0.433. The summed E-state index contributed by atoms with van der Waals surface area (Å²) in [6.45, 7) is 0.729. The summed E-state index contributed by atoms with van der Waals surface area (Å²) in [7, 11) is 0. The van der Waals surface area contributed by atoms with Crippen molar-refractivity contribution in [2.75, 3.05) is 18.5 Å². The zero-order valence-electron chi connectivity index (χ0n) is 13.8. The molecule has 0 saturated heterocycles. The van der Waals surface area contributed by atoms with Crippen molar-refractivity contribution in [1.29, 1.82) is 5.26 Å². The molecule has 0 bridgehead atoms. The number of para-hydroxylation sites is 4. The molecule has 1 unspecified atom stereocenters. The predicted octanol–water partition coefficient (Wildman–Crippen LogP) is 2.17. The van der Waals surface area contributed by atoms with Crippen molar-refractivity contribution < 1.29 is 19.4 Å². The summed E-state index contributed by atoms with van der Waals surface area (Å²) in [5, 5.41) is 24.2. The number of hydrogen-bond acceptors (Lipinski definition) is 6.